The van der Waals surface area contributed by atoms with E-state index in [4.69, 9.17) is 9.47 Å². The van der Waals surface area contributed by atoms with Gasteiger partial charge in [-0.2, -0.15) is 0 Å². The zero-order chi connectivity index (χ0) is 9.26. The minimum Gasteiger partial charge on any atom is -0.485 e. The van der Waals surface area contributed by atoms with Gasteiger partial charge in [0.05, 0.1) is 0 Å². The molecular formula is C11H12O2. The van der Waals surface area contributed by atoms with Gasteiger partial charge in [0, 0.05) is 0 Å². The summed E-state index contributed by atoms with van der Waals surface area (Å²) in [6.45, 7) is 6.96. The maximum absolute atomic E-state index is 5.52. The normalized spacial score (nSPS) is 15.3. The molecule has 0 unspecified atom stereocenters. The Morgan fingerprint density at radius 1 is 1.15 bits per heavy atom. The second kappa shape index (κ2) is 3.13. The highest BCUT2D eigenvalue weighted by Crippen LogP contribution is 2.30. The number of ether oxygens (including phenoxy) is 2. The van der Waals surface area contributed by atoms with Crippen molar-refractivity contribution < 1.29 is 9.47 Å². The van der Waals surface area contributed by atoms with Gasteiger partial charge in [-0.3, -0.25) is 0 Å². The first-order valence-electron chi connectivity index (χ1n) is 4.28. The van der Waals surface area contributed by atoms with E-state index in [1.165, 1.54) is 5.56 Å². The third-order valence-electron chi connectivity index (χ3n) is 1.96. The van der Waals surface area contributed by atoms with E-state index >= 15 is 0 Å². The number of aryl methyl sites for hydroxylation is 1. The molecular weight excluding hydrogens is 164 g/mol. The Balaban J connectivity index is 2.35. The summed E-state index contributed by atoms with van der Waals surface area (Å²) in [7, 11) is 0. The lowest BCUT2D eigenvalue weighted by Gasteiger charge is -2.06. The Morgan fingerprint density at radius 2 is 1.85 bits per heavy atom. The van der Waals surface area contributed by atoms with Crippen LogP contribution in [0.15, 0.2) is 30.4 Å². The number of hydrogen-bond acceptors (Lipinski definition) is 2. The van der Waals surface area contributed by atoms with Crippen molar-refractivity contribution in [2.24, 2.45) is 0 Å². The van der Waals surface area contributed by atoms with Gasteiger partial charge in [-0.05, 0) is 30.2 Å². The van der Waals surface area contributed by atoms with Gasteiger partial charge >= 0.3 is 0 Å². The topological polar surface area (TPSA) is 18.5 Å². The van der Waals surface area contributed by atoms with Crippen LogP contribution >= 0.6 is 0 Å². The molecule has 0 spiro atoms. The van der Waals surface area contributed by atoms with Crippen LogP contribution in [0.25, 0.3) is 0 Å². The molecule has 1 aromatic carbocycles. The molecule has 0 fully saturated rings. The SMILES string of the molecule is C=C1COc2ccc(C)cc2OC1. The molecule has 0 bridgehead atoms. The Labute approximate surface area is 77.8 Å². The molecule has 0 amide bonds. The number of hydrogen-bond donors (Lipinski definition) is 0. The molecule has 0 atom stereocenters. The van der Waals surface area contributed by atoms with Crippen LogP contribution in [0.3, 0.4) is 0 Å². The Kier molecular flexibility index (Phi) is 1.97. The lowest BCUT2D eigenvalue weighted by Crippen LogP contribution is -2.02. The monoisotopic (exact) mass is 176 g/mol. The van der Waals surface area contributed by atoms with Gasteiger partial charge < -0.3 is 9.47 Å². The highest BCUT2D eigenvalue weighted by molar-refractivity contribution is 5.43. The average Bonchev–Trinajstić information content (AvgIpc) is 2.29. The van der Waals surface area contributed by atoms with Crippen molar-refractivity contribution in [1.29, 1.82) is 0 Å². The van der Waals surface area contributed by atoms with E-state index < -0.39 is 0 Å². The zero-order valence-corrected chi connectivity index (χ0v) is 7.67. The molecule has 68 valence electrons. The van der Waals surface area contributed by atoms with Crippen LogP contribution in [-0.4, -0.2) is 13.2 Å². The van der Waals surface area contributed by atoms with E-state index in [-0.39, 0.29) is 0 Å². The van der Waals surface area contributed by atoms with Crippen LogP contribution < -0.4 is 9.47 Å². The van der Waals surface area contributed by atoms with Crippen LogP contribution in [-0.2, 0) is 0 Å². The van der Waals surface area contributed by atoms with Crippen LogP contribution in [0.2, 0.25) is 0 Å². The largest absolute Gasteiger partial charge is 0.485 e. The molecule has 0 saturated carbocycles. The van der Waals surface area contributed by atoms with Gasteiger partial charge in [-0.25, -0.2) is 0 Å². The molecule has 13 heavy (non-hydrogen) atoms. The number of benzene rings is 1. The van der Waals surface area contributed by atoms with Gasteiger partial charge in [0.1, 0.15) is 13.2 Å². The predicted octanol–water partition coefficient (Wildman–Crippen LogP) is 2.32. The van der Waals surface area contributed by atoms with Crippen molar-refractivity contribution >= 4 is 0 Å². The number of rotatable bonds is 0. The molecule has 2 heteroatoms. The smallest absolute Gasteiger partial charge is 0.161 e. The summed E-state index contributed by atoms with van der Waals surface area (Å²) in [5.41, 5.74) is 2.14. The predicted molar refractivity (Wildman–Crippen MR) is 51.3 cm³/mol. The van der Waals surface area contributed by atoms with Crippen molar-refractivity contribution in [3.63, 3.8) is 0 Å². The highest BCUT2D eigenvalue weighted by Gasteiger charge is 2.10. The minimum absolute atomic E-state index is 0.552. The van der Waals surface area contributed by atoms with Crippen molar-refractivity contribution in [3.05, 3.63) is 35.9 Å². The Bertz CT molecular complexity index is 342. The van der Waals surface area contributed by atoms with E-state index in [0.29, 0.717) is 13.2 Å². The highest BCUT2D eigenvalue weighted by atomic mass is 16.5. The average molecular weight is 176 g/mol. The molecule has 0 aromatic heterocycles. The summed E-state index contributed by atoms with van der Waals surface area (Å²) in [6.07, 6.45) is 0. The first kappa shape index (κ1) is 8.17. The summed E-state index contributed by atoms with van der Waals surface area (Å²) in [5, 5.41) is 0. The Morgan fingerprint density at radius 3 is 2.62 bits per heavy atom. The first-order valence-corrected chi connectivity index (χ1v) is 4.28. The molecule has 1 aliphatic rings. The summed E-state index contributed by atoms with van der Waals surface area (Å²) in [6, 6.07) is 5.92. The van der Waals surface area contributed by atoms with Crippen LogP contribution in [0.4, 0.5) is 0 Å². The van der Waals surface area contributed by atoms with E-state index in [9.17, 15) is 0 Å². The lowest BCUT2D eigenvalue weighted by atomic mass is 10.2. The molecule has 0 saturated heterocycles. The van der Waals surface area contributed by atoms with Crippen LogP contribution in [0.1, 0.15) is 5.56 Å². The van der Waals surface area contributed by atoms with Gasteiger partial charge in [0.25, 0.3) is 0 Å². The van der Waals surface area contributed by atoms with Crippen molar-refractivity contribution in [2.75, 3.05) is 13.2 Å². The van der Waals surface area contributed by atoms with Crippen molar-refractivity contribution in [3.8, 4) is 11.5 Å². The molecule has 1 aromatic rings. The van der Waals surface area contributed by atoms with Gasteiger partial charge in [-0.1, -0.05) is 12.6 Å². The van der Waals surface area contributed by atoms with Crippen molar-refractivity contribution in [1.82, 2.24) is 0 Å². The quantitative estimate of drug-likeness (QED) is 0.565. The fourth-order valence-corrected chi connectivity index (χ4v) is 1.25. The third-order valence-corrected chi connectivity index (χ3v) is 1.96. The van der Waals surface area contributed by atoms with E-state index in [1.807, 2.05) is 25.1 Å². The maximum Gasteiger partial charge on any atom is 0.161 e. The lowest BCUT2D eigenvalue weighted by molar-refractivity contribution is 0.354. The molecule has 2 rings (SSSR count). The molecule has 0 radical (unpaired) electrons. The fourth-order valence-electron chi connectivity index (χ4n) is 1.25. The first-order chi connectivity index (χ1) is 6.25. The fraction of sp³-hybridized carbons (Fsp3) is 0.273. The molecule has 0 N–H and O–H groups in total. The maximum atomic E-state index is 5.52. The standard InChI is InChI=1S/C11H12O2/c1-8-3-4-10-11(5-8)13-7-9(2)6-12-10/h3-5H,2,6-7H2,1H3. The molecule has 1 heterocycles. The third kappa shape index (κ3) is 1.66. The summed E-state index contributed by atoms with van der Waals surface area (Å²) in [4.78, 5) is 0. The van der Waals surface area contributed by atoms with E-state index in [0.717, 1.165) is 17.1 Å². The summed E-state index contributed by atoms with van der Waals surface area (Å²) in [5.74, 6) is 1.63. The number of fused-ring (bicyclic) bond motifs is 1. The van der Waals surface area contributed by atoms with E-state index in [1.54, 1.807) is 0 Å². The van der Waals surface area contributed by atoms with Crippen LogP contribution in [0, 0.1) is 6.92 Å². The van der Waals surface area contributed by atoms with Gasteiger partial charge in [-0.15, -0.1) is 0 Å². The van der Waals surface area contributed by atoms with Crippen LogP contribution in [0.5, 0.6) is 11.5 Å². The van der Waals surface area contributed by atoms with Crippen molar-refractivity contribution in [2.45, 2.75) is 6.92 Å². The molecule has 0 aliphatic carbocycles. The van der Waals surface area contributed by atoms with E-state index in [2.05, 4.69) is 6.58 Å². The zero-order valence-electron chi connectivity index (χ0n) is 7.67. The summed E-state index contributed by atoms with van der Waals surface area (Å²) >= 11 is 0. The summed E-state index contributed by atoms with van der Waals surface area (Å²) < 4.78 is 11.0. The second-order valence-corrected chi connectivity index (χ2v) is 3.28. The molecule has 1 aliphatic heterocycles. The molecule has 2 nitrogen and oxygen atoms in total. The van der Waals surface area contributed by atoms with Gasteiger partial charge in [0.15, 0.2) is 11.5 Å². The minimum atomic E-state index is 0.552. The second-order valence-electron chi connectivity index (χ2n) is 3.28. The Hall–Kier alpha value is -1.44. The van der Waals surface area contributed by atoms with Gasteiger partial charge in [0.2, 0.25) is 0 Å².